The van der Waals surface area contributed by atoms with Gasteiger partial charge in [-0.3, -0.25) is 0 Å². The quantitative estimate of drug-likeness (QED) is 0.372. The Balaban J connectivity index is 1.26. The van der Waals surface area contributed by atoms with Crippen LogP contribution in [0.3, 0.4) is 0 Å². The molecule has 0 aromatic rings. The van der Waals surface area contributed by atoms with Crippen molar-refractivity contribution in [2.45, 2.75) is 137 Å². The van der Waals surface area contributed by atoms with Gasteiger partial charge in [-0.2, -0.15) is 0 Å². The molecule has 1 aliphatic heterocycles. The summed E-state index contributed by atoms with van der Waals surface area (Å²) in [6.45, 7) is 13.0. The number of fused-ring (bicyclic) bond motifs is 5. The first-order valence-corrected chi connectivity index (χ1v) is 15.4. The van der Waals surface area contributed by atoms with Crippen molar-refractivity contribution in [3.8, 4) is 0 Å². The largest absolute Gasteiger partial charge is 0.393 e. The Bertz CT molecular complexity index is 754. The molecule has 0 bridgehead atoms. The van der Waals surface area contributed by atoms with Gasteiger partial charge in [0.25, 0.3) is 0 Å². The van der Waals surface area contributed by atoms with E-state index < -0.39 is 0 Å². The van der Waals surface area contributed by atoms with Crippen LogP contribution >= 0.6 is 0 Å². The van der Waals surface area contributed by atoms with Crippen molar-refractivity contribution in [2.24, 2.45) is 46.3 Å². The molecule has 4 fully saturated rings. The minimum absolute atomic E-state index is 0.0405. The molecule has 1 N–H and O–H groups in total. The Hall–Kier alpha value is -0.380. The van der Waals surface area contributed by atoms with E-state index in [4.69, 9.17) is 9.47 Å². The molecule has 0 radical (unpaired) electrons. The molecule has 10 atom stereocenters. The first-order valence-electron chi connectivity index (χ1n) is 15.4. The SMILES string of the molecule is CC(C)CC[C@H](O)[C@@H](C)[C@H]1CC[C@H]2[C@@H]3CC=C4CC(OC5CCCCO5)CC[C@]4(C)[C@H]3CC[C@]12C. The van der Waals surface area contributed by atoms with Crippen LogP contribution in [0.2, 0.25) is 0 Å². The van der Waals surface area contributed by atoms with Gasteiger partial charge in [-0.05, 0) is 130 Å². The van der Waals surface area contributed by atoms with E-state index in [1.54, 1.807) is 5.57 Å². The van der Waals surface area contributed by atoms with E-state index in [1.165, 1.54) is 57.8 Å². The summed E-state index contributed by atoms with van der Waals surface area (Å²) in [6, 6.07) is 0. The average molecular weight is 487 g/mol. The highest BCUT2D eigenvalue weighted by Crippen LogP contribution is 2.67. The highest BCUT2D eigenvalue weighted by molar-refractivity contribution is 5.25. The summed E-state index contributed by atoms with van der Waals surface area (Å²) in [5, 5.41) is 11.1. The van der Waals surface area contributed by atoms with Crippen molar-refractivity contribution >= 4 is 0 Å². The van der Waals surface area contributed by atoms with Crippen molar-refractivity contribution in [1.29, 1.82) is 0 Å². The lowest BCUT2D eigenvalue weighted by Gasteiger charge is -2.58. The number of aliphatic hydroxyl groups excluding tert-OH is 1. The summed E-state index contributed by atoms with van der Waals surface area (Å²) < 4.78 is 12.4. The second-order valence-electron chi connectivity index (χ2n) is 14.2. The molecular formula is C32H54O3. The van der Waals surface area contributed by atoms with Gasteiger partial charge >= 0.3 is 0 Å². The zero-order valence-corrected chi connectivity index (χ0v) is 23.4. The predicted molar refractivity (Wildman–Crippen MR) is 143 cm³/mol. The van der Waals surface area contributed by atoms with E-state index in [-0.39, 0.29) is 12.4 Å². The zero-order valence-electron chi connectivity index (χ0n) is 23.4. The van der Waals surface area contributed by atoms with Gasteiger partial charge in [0.15, 0.2) is 6.29 Å². The van der Waals surface area contributed by atoms with E-state index in [0.29, 0.717) is 34.7 Å². The minimum atomic E-state index is -0.130. The molecule has 3 saturated carbocycles. The van der Waals surface area contributed by atoms with Crippen LogP contribution in [0.15, 0.2) is 11.6 Å². The van der Waals surface area contributed by atoms with Crippen molar-refractivity contribution in [2.75, 3.05) is 6.61 Å². The second kappa shape index (κ2) is 10.4. The Kier molecular flexibility index (Phi) is 7.80. The fourth-order valence-corrected chi connectivity index (χ4v) is 9.72. The van der Waals surface area contributed by atoms with Gasteiger partial charge in [-0.15, -0.1) is 0 Å². The zero-order chi connectivity index (χ0) is 24.8. The van der Waals surface area contributed by atoms with E-state index in [2.05, 4.69) is 40.7 Å². The van der Waals surface area contributed by atoms with Crippen LogP contribution < -0.4 is 0 Å². The lowest BCUT2D eigenvalue weighted by atomic mass is 9.47. The maximum absolute atomic E-state index is 11.1. The number of allylic oxidation sites excluding steroid dienone is 1. The molecule has 200 valence electrons. The molecule has 0 aromatic heterocycles. The molecule has 3 heteroatoms. The summed E-state index contributed by atoms with van der Waals surface area (Å²) in [5.41, 5.74) is 2.50. The standard InChI is InChI=1S/C32H54O3/c1-21(2)9-14-29(33)22(3)26-12-13-27-25-11-10-23-20-24(35-30-8-6-7-19-34-30)15-17-31(23,4)28(25)16-18-32(26,27)5/h10,21-22,24-30,33H,6-9,11-20H2,1-5H3/t22-,24?,25-,26+,27-,28-,29-,30?,31-,32+/m0/s1. The number of aliphatic hydroxyl groups is 1. The van der Waals surface area contributed by atoms with Gasteiger partial charge in [-0.25, -0.2) is 0 Å². The summed E-state index contributed by atoms with van der Waals surface area (Å²) in [4.78, 5) is 0. The normalized spacial score (nSPS) is 45.3. The molecule has 3 nitrogen and oxygen atoms in total. The minimum Gasteiger partial charge on any atom is -0.393 e. The maximum Gasteiger partial charge on any atom is 0.157 e. The third-order valence-electron chi connectivity index (χ3n) is 11.9. The Morgan fingerprint density at radius 1 is 1.00 bits per heavy atom. The maximum atomic E-state index is 11.1. The van der Waals surface area contributed by atoms with E-state index in [9.17, 15) is 5.11 Å². The topological polar surface area (TPSA) is 38.7 Å². The van der Waals surface area contributed by atoms with Crippen LogP contribution in [0, 0.1) is 46.3 Å². The van der Waals surface area contributed by atoms with Gasteiger partial charge in [0.05, 0.1) is 12.2 Å². The van der Waals surface area contributed by atoms with Crippen LogP contribution in [0.4, 0.5) is 0 Å². The predicted octanol–water partition coefficient (Wildman–Crippen LogP) is 7.91. The summed E-state index contributed by atoms with van der Waals surface area (Å²) in [5.74, 6) is 4.32. The van der Waals surface area contributed by atoms with Crippen LogP contribution in [-0.2, 0) is 9.47 Å². The smallest absolute Gasteiger partial charge is 0.157 e. The summed E-state index contributed by atoms with van der Waals surface area (Å²) in [6.07, 6.45) is 18.9. The molecule has 1 saturated heterocycles. The molecule has 1 heterocycles. The number of rotatable bonds is 7. The monoisotopic (exact) mass is 486 g/mol. The highest BCUT2D eigenvalue weighted by Gasteiger charge is 2.59. The number of hydrogen-bond acceptors (Lipinski definition) is 3. The van der Waals surface area contributed by atoms with E-state index in [0.717, 1.165) is 50.0 Å². The highest BCUT2D eigenvalue weighted by atomic mass is 16.7. The molecule has 4 aliphatic carbocycles. The third kappa shape index (κ3) is 4.92. The van der Waals surface area contributed by atoms with Gasteiger partial charge in [0, 0.05) is 6.61 Å². The molecular weight excluding hydrogens is 432 g/mol. The van der Waals surface area contributed by atoms with Crippen LogP contribution in [0.25, 0.3) is 0 Å². The summed E-state index contributed by atoms with van der Waals surface area (Å²) in [7, 11) is 0. The first kappa shape index (κ1) is 26.2. The fourth-order valence-electron chi connectivity index (χ4n) is 9.72. The van der Waals surface area contributed by atoms with E-state index in [1.807, 2.05) is 0 Å². The Morgan fingerprint density at radius 2 is 1.83 bits per heavy atom. The molecule has 35 heavy (non-hydrogen) atoms. The third-order valence-corrected chi connectivity index (χ3v) is 11.9. The van der Waals surface area contributed by atoms with Crippen molar-refractivity contribution in [3.63, 3.8) is 0 Å². The molecule has 0 amide bonds. The van der Waals surface area contributed by atoms with Gasteiger partial charge in [0.2, 0.25) is 0 Å². The lowest BCUT2D eigenvalue weighted by molar-refractivity contribution is -0.195. The van der Waals surface area contributed by atoms with Gasteiger partial charge < -0.3 is 14.6 Å². The molecule has 5 rings (SSSR count). The van der Waals surface area contributed by atoms with Crippen molar-refractivity contribution < 1.29 is 14.6 Å². The number of ether oxygens (including phenoxy) is 2. The summed E-state index contributed by atoms with van der Waals surface area (Å²) >= 11 is 0. The van der Waals surface area contributed by atoms with E-state index >= 15 is 0 Å². The number of hydrogen-bond donors (Lipinski definition) is 1. The van der Waals surface area contributed by atoms with Crippen molar-refractivity contribution in [3.05, 3.63) is 11.6 Å². The molecule has 5 aliphatic rings. The second-order valence-corrected chi connectivity index (χ2v) is 14.2. The average Bonchev–Trinajstić information content (AvgIpc) is 3.20. The Morgan fingerprint density at radius 3 is 2.57 bits per heavy atom. The molecule has 0 spiro atoms. The van der Waals surface area contributed by atoms with Crippen LogP contribution in [-0.4, -0.2) is 30.2 Å². The van der Waals surface area contributed by atoms with Crippen LogP contribution in [0.5, 0.6) is 0 Å². The fraction of sp³-hybridized carbons (Fsp3) is 0.938. The van der Waals surface area contributed by atoms with Gasteiger partial charge in [0.1, 0.15) is 0 Å². The first-order chi connectivity index (χ1) is 16.7. The molecule has 2 unspecified atom stereocenters. The van der Waals surface area contributed by atoms with Crippen LogP contribution in [0.1, 0.15) is 118 Å². The Labute approximate surface area is 215 Å². The van der Waals surface area contributed by atoms with Crippen molar-refractivity contribution in [1.82, 2.24) is 0 Å². The van der Waals surface area contributed by atoms with Gasteiger partial charge in [-0.1, -0.05) is 46.3 Å². The lowest BCUT2D eigenvalue weighted by Crippen LogP contribution is -2.51. The molecule has 0 aromatic carbocycles.